The number of hydrogen-bond acceptors (Lipinski definition) is 7. The lowest BCUT2D eigenvalue weighted by atomic mass is 10.1. The maximum Gasteiger partial charge on any atom is 0.277 e. The van der Waals surface area contributed by atoms with E-state index in [4.69, 9.17) is 9.47 Å². The van der Waals surface area contributed by atoms with Crippen LogP contribution in [0.4, 0.5) is 5.69 Å². The van der Waals surface area contributed by atoms with E-state index in [1.165, 1.54) is 19.2 Å². The molecule has 0 atom stereocenters. The Bertz CT molecular complexity index is 1590. The molecule has 0 aliphatic heterocycles. The average Bonchev–Trinajstić information content (AvgIpc) is 3.22. The van der Waals surface area contributed by atoms with Crippen LogP contribution in [-0.4, -0.2) is 41.7 Å². The maximum absolute atomic E-state index is 13.3. The molecule has 2 N–H and O–H groups in total. The van der Waals surface area contributed by atoms with E-state index >= 15 is 0 Å². The fraction of sp³-hybridized carbons (Fsp3) is 0.370. The summed E-state index contributed by atoms with van der Waals surface area (Å²) in [6.45, 7) is 6.10. The number of aromatic amines is 1. The number of para-hydroxylation sites is 2. The second-order valence-electron chi connectivity index (χ2n) is 8.88. The molecule has 4 aromatic rings. The van der Waals surface area contributed by atoms with Gasteiger partial charge in [0, 0.05) is 6.42 Å². The van der Waals surface area contributed by atoms with E-state index in [1.807, 2.05) is 6.92 Å². The molecule has 38 heavy (non-hydrogen) atoms. The van der Waals surface area contributed by atoms with Gasteiger partial charge >= 0.3 is 0 Å². The van der Waals surface area contributed by atoms with Crippen molar-refractivity contribution in [2.75, 3.05) is 18.4 Å². The molecule has 0 bridgehead atoms. The number of ether oxygens (including phenoxy) is 2. The molecule has 4 rings (SSSR count). The van der Waals surface area contributed by atoms with Crippen molar-refractivity contribution in [1.82, 2.24) is 19.6 Å². The highest BCUT2D eigenvalue weighted by Crippen LogP contribution is 2.32. The quantitative estimate of drug-likeness (QED) is 0.249. The van der Waals surface area contributed by atoms with Crippen molar-refractivity contribution in [3.8, 4) is 22.9 Å². The highest BCUT2D eigenvalue weighted by molar-refractivity contribution is 7.92. The molecular weight excluding hydrogens is 506 g/mol. The van der Waals surface area contributed by atoms with Crippen LogP contribution in [0, 0.1) is 6.92 Å². The number of H-pyrrole nitrogens is 1. The van der Waals surface area contributed by atoms with Crippen molar-refractivity contribution in [1.29, 1.82) is 0 Å². The smallest absolute Gasteiger partial charge is 0.277 e. The van der Waals surface area contributed by atoms with Gasteiger partial charge in [-0.1, -0.05) is 38.3 Å². The minimum Gasteiger partial charge on any atom is -0.495 e. The zero-order valence-corrected chi connectivity index (χ0v) is 22.9. The van der Waals surface area contributed by atoms with Crippen molar-refractivity contribution in [2.24, 2.45) is 0 Å². The number of nitrogens with one attached hydrogen (secondary N) is 2. The molecule has 0 saturated heterocycles. The molecule has 0 unspecified atom stereocenters. The third kappa shape index (κ3) is 5.67. The first-order valence-corrected chi connectivity index (χ1v) is 14.2. The monoisotopic (exact) mass is 539 g/mol. The van der Waals surface area contributed by atoms with Crippen LogP contribution in [0.5, 0.6) is 11.5 Å². The summed E-state index contributed by atoms with van der Waals surface area (Å²) in [6, 6.07) is 11.2. The summed E-state index contributed by atoms with van der Waals surface area (Å²) in [6.07, 6.45) is 4.93. The van der Waals surface area contributed by atoms with Gasteiger partial charge in [0.15, 0.2) is 11.3 Å². The lowest BCUT2D eigenvalue weighted by molar-refractivity contribution is 0.341. The molecule has 202 valence electrons. The summed E-state index contributed by atoms with van der Waals surface area (Å²) in [5.74, 6) is 1.67. The molecule has 0 fully saturated rings. The number of anilines is 1. The number of aryl methyl sites for hydroxylation is 2. The summed E-state index contributed by atoms with van der Waals surface area (Å²) in [5.41, 5.74) is 1.26. The number of hydrogen-bond donors (Lipinski definition) is 2. The average molecular weight is 540 g/mol. The maximum atomic E-state index is 13.3. The topological polar surface area (TPSA) is 128 Å². The number of nitrogens with zero attached hydrogens (tertiary/aromatic N) is 3. The van der Waals surface area contributed by atoms with Crippen LogP contribution < -0.4 is 19.8 Å². The number of imidazole rings is 1. The third-order valence-electron chi connectivity index (χ3n) is 6.16. The Morgan fingerprint density at radius 2 is 1.84 bits per heavy atom. The van der Waals surface area contributed by atoms with E-state index in [-0.39, 0.29) is 16.3 Å². The molecule has 0 radical (unpaired) electrons. The second-order valence-corrected chi connectivity index (χ2v) is 10.6. The van der Waals surface area contributed by atoms with Gasteiger partial charge in [-0.25, -0.2) is 17.9 Å². The number of rotatable bonds is 12. The SMILES string of the molecule is CCCCCCc1nc(C)c2c(=O)[nH]c(-c3cc(S(=O)(=O)Nc4ccccc4OC)ccc3OCC)nn12. The van der Waals surface area contributed by atoms with E-state index in [0.29, 0.717) is 52.8 Å². The van der Waals surface area contributed by atoms with Gasteiger partial charge < -0.3 is 14.5 Å². The van der Waals surface area contributed by atoms with Crippen molar-refractivity contribution >= 4 is 21.2 Å². The van der Waals surface area contributed by atoms with E-state index in [0.717, 1.165) is 25.7 Å². The van der Waals surface area contributed by atoms with Gasteiger partial charge in [-0.15, -0.1) is 5.10 Å². The number of fused-ring (bicyclic) bond motifs is 1. The number of aromatic nitrogens is 4. The Labute approximate surface area is 222 Å². The standard InChI is InChI=1S/C27H33N5O5S/c1-5-7-8-9-14-24-28-18(3)25-27(33)29-26(30-32(24)25)20-17-19(15-16-22(20)37-6-2)38(34,35)31-21-12-10-11-13-23(21)36-4/h10-13,15-17,31H,5-9,14H2,1-4H3,(H,29,30,33). The van der Waals surface area contributed by atoms with Crippen LogP contribution in [0.3, 0.4) is 0 Å². The summed E-state index contributed by atoms with van der Waals surface area (Å²) in [4.78, 5) is 20.5. The number of methoxy groups -OCH3 is 1. The van der Waals surface area contributed by atoms with Gasteiger partial charge in [0.2, 0.25) is 0 Å². The van der Waals surface area contributed by atoms with Gasteiger partial charge in [0.25, 0.3) is 15.6 Å². The molecule has 11 heteroatoms. The first kappa shape index (κ1) is 27.2. The number of unbranched alkanes of at least 4 members (excludes halogenated alkanes) is 3. The minimum absolute atomic E-state index is 0.0220. The third-order valence-corrected chi connectivity index (χ3v) is 7.53. The molecule has 0 aliphatic rings. The predicted octanol–water partition coefficient (Wildman–Crippen LogP) is 4.72. The minimum atomic E-state index is -4.01. The van der Waals surface area contributed by atoms with Crippen molar-refractivity contribution < 1.29 is 17.9 Å². The van der Waals surface area contributed by atoms with Crippen molar-refractivity contribution in [3.05, 3.63) is 64.3 Å². The first-order valence-electron chi connectivity index (χ1n) is 12.7. The van der Waals surface area contributed by atoms with Gasteiger partial charge in [-0.3, -0.25) is 9.52 Å². The van der Waals surface area contributed by atoms with E-state index < -0.39 is 10.0 Å². The highest BCUT2D eigenvalue weighted by Gasteiger charge is 2.22. The van der Waals surface area contributed by atoms with Gasteiger partial charge in [0.05, 0.1) is 35.6 Å². The van der Waals surface area contributed by atoms with Crippen LogP contribution in [0.1, 0.15) is 51.0 Å². The Kier molecular flexibility index (Phi) is 8.35. The van der Waals surface area contributed by atoms with Gasteiger partial charge in [-0.2, -0.15) is 0 Å². The van der Waals surface area contributed by atoms with Crippen LogP contribution in [-0.2, 0) is 16.4 Å². The van der Waals surface area contributed by atoms with Crippen molar-refractivity contribution in [3.63, 3.8) is 0 Å². The number of benzene rings is 2. The Morgan fingerprint density at radius 1 is 1.05 bits per heavy atom. The molecule has 0 spiro atoms. The van der Waals surface area contributed by atoms with Gasteiger partial charge in [0.1, 0.15) is 17.3 Å². The van der Waals surface area contributed by atoms with E-state index in [2.05, 4.69) is 26.7 Å². The summed E-state index contributed by atoms with van der Waals surface area (Å²) < 4.78 is 41.8. The van der Waals surface area contributed by atoms with E-state index in [9.17, 15) is 13.2 Å². The molecule has 0 aliphatic carbocycles. The van der Waals surface area contributed by atoms with Crippen LogP contribution in [0.15, 0.2) is 52.2 Å². The van der Waals surface area contributed by atoms with Crippen LogP contribution >= 0.6 is 0 Å². The molecular formula is C27H33N5O5S. The Balaban J connectivity index is 1.79. The molecule has 0 amide bonds. The van der Waals surface area contributed by atoms with Crippen LogP contribution in [0.2, 0.25) is 0 Å². The summed E-state index contributed by atoms with van der Waals surface area (Å²) in [7, 11) is -2.54. The zero-order valence-electron chi connectivity index (χ0n) is 22.1. The zero-order chi connectivity index (χ0) is 27.3. The lowest BCUT2D eigenvalue weighted by Crippen LogP contribution is -2.17. The largest absolute Gasteiger partial charge is 0.495 e. The fourth-order valence-corrected chi connectivity index (χ4v) is 5.40. The summed E-state index contributed by atoms with van der Waals surface area (Å²) in [5, 5.41) is 4.69. The molecule has 0 saturated carbocycles. The normalized spacial score (nSPS) is 11.6. The second kappa shape index (κ2) is 11.7. The predicted molar refractivity (Wildman–Crippen MR) is 147 cm³/mol. The fourth-order valence-electron chi connectivity index (χ4n) is 4.30. The molecule has 2 aromatic carbocycles. The van der Waals surface area contributed by atoms with Crippen LogP contribution in [0.25, 0.3) is 16.9 Å². The van der Waals surface area contributed by atoms with Crippen molar-refractivity contribution in [2.45, 2.75) is 57.8 Å². The van der Waals surface area contributed by atoms with Gasteiger partial charge in [-0.05, 0) is 50.6 Å². The lowest BCUT2D eigenvalue weighted by Gasteiger charge is -2.14. The first-order chi connectivity index (χ1) is 18.3. The summed E-state index contributed by atoms with van der Waals surface area (Å²) >= 11 is 0. The Morgan fingerprint density at radius 3 is 2.58 bits per heavy atom. The highest BCUT2D eigenvalue weighted by atomic mass is 32.2. The number of sulfonamides is 1. The molecule has 10 nitrogen and oxygen atoms in total. The Hall–Kier alpha value is -3.86. The molecule has 2 aromatic heterocycles. The van der Waals surface area contributed by atoms with E-state index in [1.54, 1.807) is 41.8 Å². The molecule has 2 heterocycles.